The Balaban J connectivity index is 2.78. The first-order valence-corrected chi connectivity index (χ1v) is 4.32. The Hall–Kier alpha value is -1.29. The summed E-state index contributed by atoms with van der Waals surface area (Å²) in [6, 6.07) is 3.53. The highest BCUT2D eigenvalue weighted by molar-refractivity contribution is 7.17. The first-order chi connectivity index (χ1) is 5.70. The highest BCUT2D eigenvalue weighted by Gasteiger charge is 2.05. The van der Waals surface area contributed by atoms with Gasteiger partial charge in [0.15, 0.2) is 0 Å². The number of thiophene rings is 1. The minimum Gasteiger partial charge on any atom is -0.543 e. The summed E-state index contributed by atoms with van der Waals surface area (Å²) in [7, 11) is 1.72. The van der Waals surface area contributed by atoms with Crippen LogP contribution in [-0.4, -0.2) is 10.5 Å². The summed E-state index contributed by atoms with van der Waals surface area (Å²) >= 11 is 1.53. The molecule has 0 spiro atoms. The van der Waals surface area contributed by atoms with E-state index in [1.807, 2.05) is 11.4 Å². The van der Waals surface area contributed by atoms with Gasteiger partial charge in [-0.1, -0.05) is 0 Å². The molecule has 0 aromatic carbocycles. The number of carbonyl (C=O) groups is 1. The first-order valence-electron chi connectivity index (χ1n) is 3.44. The SMILES string of the molecule is Cn1c(C(=O)[O-])cc2sccc21. The fourth-order valence-corrected chi connectivity index (χ4v) is 2.09. The van der Waals surface area contributed by atoms with E-state index >= 15 is 0 Å². The molecule has 4 heteroatoms. The van der Waals surface area contributed by atoms with Gasteiger partial charge in [0, 0.05) is 7.05 Å². The minimum absolute atomic E-state index is 0.233. The van der Waals surface area contributed by atoms with E-state index in [-0.39, 0.29) is 5.69 Å². The third-order valence-corrected chi connectivity index (χ3v) is 2.73. The van der Waals surface area contributed by atoms with Crippen LogP contribution in [0, 0.1) is 0 Å². The quantitative estimate of drug-likeness (QED) is 0.645. The van der Waals surface area contributed by atoms with Crippen LogP contribution in [-0.2, 0) is 7.05 Å². The summed E-state index contributed by atoms with van der Waals surface area (Å²) in [6.07, 6.45) is 0. The van der Waals surface area contributed by atoms with Gasteiger partial charge in [-0.15, -0.1) is 11.3 Å². The molecule has 0 aliphatic heterocycles. The number of rotatable bonds is 1. The lowest BCUT2D eigenvalue weighted by atomic mass is 10.4. The van der Waals surface area contributed by atoms with Crippen LogP contribution in [0.4, 0.5) is 0 Å². The Labute approximate surface area is 72.9 Å². The van der Waals surface area contributed by atoms with Gasteiger partial charge in [-0.3, -0.25) is 0 Å². The van der Waals surface area contributed by atoms with Crippen LogP contribution in [0.25, 0.3) is 10.2 Å². The van der Waals surface area contributed by atoms with Crippen LogP contribution in [0.15, 0.2) is 17.5 Å². The highest BCUT2D eigenvalue weighted by Crippen LogP contribution is 2.23. The molecule has 0 saturated heterocycles. The van der Waals surface area contributed by atoms with Crippen molar-refractivity contribution in [1.29, 1.82) is 0 Å². The van der Waals surface area contributed by atoms with Gasteiger partial charge in [0.05, 0.1) is 21.9 Å². The van der Waals surface area contributed by atoms with Gasteiger partial charge in [0.1, 0.15) is 0 Å². The Morgan fingerprint density at radius 3 is 3.00 bits per heavy atom. The largest absolute Gasteiger partial charge is 0.543 e. The number of aromatic carboxylic acids is 1. The van der Waals surface area contributed by atoms with Gasteiger partial charge >= 0.3 is 0 Å². The molecule has 12 heavy (non-hydrogen) atoms. The van der Waals surface area contributed by atoms with Crippen LogP contribution in [0.1, 0.15) is 10.5 Å². The normalized spacial score (nSPS) is 10.8. The fraction of sp³-hybridized carbons (Fsp3) is 0.125. The highest BCUT2D eigenvalue weighted by atomic mass is 32.1. The molecule has 2 heterocycles. The number of nitrogens with zero attached hydrogens (tertiary/aromatic N) is 1. The number of hydrogen-bond acceptors (Lipinski definition) is 3. The van der Waals surface area contributed by atoms with Crippen LogP contribution < -0.4 is 5.11 Å². The third kappa shape index (κ3) is 0.848. The number of fused-ring (bicyclic) bond motifs is 1. The Bertz CT molecular complexity index is 441. The van der Waals surface area contributed by atoms with Crippen molar-refractivity contribution in [2.45, 2.75) is 0 Å². The number of aryl methyl sites for hydroxylation is 1. The summed E-state index contributed by atoms with van der Waals surface area (Å²) in [6.45, 7) is 0. The summed E-state index contributed by atoms with van der Waals surface area (Å²) in [5.74, 6) is -1.12. The van der Waals surface area contributed by atoms with Gasteiger partial charge in [-0.25, -0.2) is 0 Å². The van der Waals surface area contributed by atoms with Crippen LogP contribution >= 0.6 is 11.3 Å². The number of carboxylic acids is 1. The van der Waals surface area contributed by atoms with E-state index in [2.05, 4.69) is 0 Å². The van der Waals surface area contributed by atoms with Crippen molar-refractivity contribution in [2.75, 3.05) is 0 Å². The van der Waals surface area contributed by atoms with E-state index in [1.54, 1.807) is 17.7 Å². The average Bonchev–Trinajstić information content (AvgIpc) is 2.53. The maximum absolute atomic E-state index is 10.6. The zero-order chi connectivity index (χ0) is 8.72. The second kappa shape index (κ2) is 2.35. The van der Waals surface area contributed by atoms with Gasteiger partial charge < -0.3 is 14.5 Å². The standard InChI is InChI=1S/C8H7NO2S/c1-9-5-2-3-12-7(5)4-6(9)8(10)11/h2-4H,1H3,(H,10,11)/p-1. The second-order valence-electron chi connectivity index (χ2n) is 2.55. The summed E-state index contributed by atoms with van der Waals surface area (Å²) in [5.41, 5.74) is 1.18. The number of carboxylic acid groups (broad SMARTS) is 1. The molecular weight excluding hydrogens is 174 g/mol. The fourth-order valence-electron chi connectivity index (χ4n) is 1.25. The van der Waals surface area contributed by atoms with E-state index in [0.717, 1.165) is 10.2 Å². The zero-order valence-corrected chi connectivity index (χ0v) is 7.22. The van der Waals surface area contributed by atoms with E-state index in [4.69, 9.17) is 0 Å². The molecule has 0 unspecified atom stereocenters. The van der Waals surface area contributed by atoms with Crippen molar-refractivity contribution in [3.63, 3.8) is 0 Å². The van der Waals surface area contributed by atoms with Crippen molar-refractivity contribution in [1.82, 2.24) is 4.57 Å². The van der Waals surface area contributed by atoms with Crippen LogP contribution in [0.3, 0.4) is 0 Å². The van der Waals surface area contributed by atoms with Crippen molar-refractivity contribution in [3.8, 4) is 0 Å². The second-order valence-corrected chi connectivity index (χ2v) is 3.49. The number of carbonyl (C=O) groups excluding carboxylic acids is 1. The lowest BCUT2D eigenvalue weighted by Crippen LogP contribution is -2.24. The molecule has 0 fully saturated rings. The Kier molecular flexibility index (Phi) is 1.44. The number of hydrogen-bond donors (Lipinski definition) is 0. The zero-order valence-electron chi connectivity index (χ0n) is 6.40. The molecule has 2 aromatic rings. The molecule has 0 radical (unpaired) electrons. The van der Waals surface area contributed by atoms with E-state index in [1.165, 1.54) is 11.3 Å². The maximum Gasteiger partial charge on any atom is 0.0880 e. The Morgan fingerprint density at radius 1 is 1.67 bits per heavy atom. The van der Waals surface area contributed by atoms with Gasteiger partial charge in [-0.05, 0) is 17.5 Å². The lowest BCUT2D eigenvalue weighted by molar-refractivity contribution is -0.255. The summed E-state index contributed by atoms with van der Waals surface area (Å²) in [4.78, 5) is 10.6. The van der Waals surface area contributed by atoms with E-state index < -0.39 is 5.97 Å². The van der Waals surface area contributed by atoms with Crippen molar-refractivity contribution >= 4 is 27.5 Å². The molecule has 62 valence electrons. The summed E-state index contributed by atoms with van der Waals surface area (Å²) < 4.78 is 2.61. The summed E-state index contributed by atoms with van der Waals surface area (Å²) in [5, 5.41) is 12.5. The van der Waals surface area contributed by atoms with Gasteiger partial charge in [0.25, 0.3) is 0 Å². The van der Waals surface area contributed by atoms with Crippen LogP contribution in [0.2, 0.25) is 0 Å². The lowest BCUT2D eigenvalue weighted by Gasteiger charge is -2.02. The molecule has 0 bridgehead atoms. The molecule has 3 nitrogen and oxygen atoms in total. The minimum atomic E-state index is -1.12. The van der Waals surface area contributed by atoms with Crippen molar-refractivity contribution in [3.05, 3.63) is 23.2 Å². The third-order valence-electron chi connectivity index (χ3n) is 1.87. The molecule has 2 rings (SSSR count). The predicted octanol–water partition coefficient (Wildman–Crippen LogP) is 0.603. The average molecular weight is 180 g/mol. The molecule has 0 atom stereocenters. The molecule has 0 amide bonds. The molecular formula is C8H6NO2S-. The maximum atomic E-state index is 10.6. The van der Waals surface area contributed by atoms with Gasteiger partial charge in [0.2, 0.25) is 0 Å². The van der Waals surface area contributed by atoms with E-state index in [9.17, 15) is 9.90 Å². The first kappa shape index (κ1) is 7.36. The monoisotopic (exact) mass is 180 g/mol. The molecule has 0 saturated carbocycles. The van der Waals surface area contributed by atoms with Crippen LogP contribution in [0.5, 0.6) is 0 Å². The smallest absolute Gasteiger partial charge is 0.0880 e. The predicted molar refractivity (Wildman–Crippen MR) is 45.1 cm³/mol. The van der Waals surface area contributed by atoms with Crippen molar-refractivity contribution < 1.29 is 9.90 Å². The topological polar surface area (TPSA) is 45.1 Å². The molecule has 0 aliphatic carbocycles. The Morgan fingerprint density at radius 2 is 2.42 bits per heavy atom. The number of aromatic nitrogens is 1. The van der Waals surface area contributed by atoms with Crippen molar-refractivity contribution in [2.24, 2.45) is 7.05 Å². The molecule has 2 aromatic heterocycles. The van der Waals surface area contributed by atoms with E-state index in [0.29, 0.717) is 0 Å². The molecule has 0 N–H and O–H groups in total. The van der Waals surface area contributed by atoms with Gasteiger partial charge in [-0.2, -0.15) is 0 Å². The molecule has 0 aliphatic rings.